The highest BCUT2D eigenvalue weighted by atomic mass is 15.1. The van der Waals surface area contributed by atoms with Gasteiger partial charge < -0.3 is 4.90 Å². The Morgan fingerprint density at radius 1 is 0.442 bits per heavy atom. The van der Waals surface area contributed by atoms with E-state index in [1.807, 2.05) is 0 Å². The maximum Gasteiger partial charge on any atom is 0.0713 e. The minimum Gasteiger partial charge on any atom is -0.309 e. The lowest BCUT2D eigenvalue weighted by molar-refractivity contribution is 0.768. The first-order valence-electron chi connectivity index (χ1n) is 18.3. The van der Waals surface area contributed by atoms with Gasteiger partial charge in [-0.3, -0.25) is 0 Å². The topological polar surface area (TPSA) is 3.24 Å². The molecule has 10 rings (SSSR count). The molecular weight excluding hydrogens is 627 g/mol. The number of hydrogen-bond donors (Lipinski definition) is 0. The molecule has 246 valence electrons. The van der Waals surface area contributed by atoms with E-state index in [1.165, 1.54) is 77.4 Å². The lowest BCUT2D eigenvalue weighted by Gasteiger charge is -2.35. The summed E-state index contributed by atoms with van der Waals surface area (Å²) >= 11 is 0. The van der Waals surface area contributed by atoms with Gasteiger partial charge in [0.05, 0.1) is 16.8 Å². The number of benzene rings is 8. The Hall–Kier alpha value is -6.44. The highest BCUT2D eigenvalue weighted by Gasteiger charge is 2.45. The summed E-state index contributed by atoms with van der Waals surface area (Å²) < 4.78 is 0. The van der Waals surface area contributed by atoms with E-state index in [4.69, 9.17) is 0 Å². The molecule has 0 heterocycles. The summed E-state index contributed by atoms with van der Waals surface area (Å²) in [6.45, 7) is 0. The van der Waals surface area contributed by atoms with E-state index in [2.05, 4.69) is 205 Å². The molecule has 0 aliphatic heterocycles. The fraction of sp³-hybridized carbons (Fsp3) is 0.0588. The van der Waals surface area contributed by atoms with E-state index in [0.717, 1.165) is 18.5 Å². The number of rotatable bonds is 6. The van der Waals surface area contributed by atoms with Crippen LogP contribution in [0.5, 0.6) is 0 Å². The van der Waals surface area contributed by atoms with Gasteiger partial charge in [0.2, 0.25) is 0 Å². The first-order valence-corrected chi connectivity index (χ1v) is 18.3. The minimum absolute atomic E-state index is 0.440. The van der Waals surface area contributed by atoms with E-state index < -0.39 is 5.41 Å². The van der Waals surface area contributed by atoms with Gasteiger partial charge in [-0.1, -0.05) is 176 Å². The van der Waals surface area contributed by atoms with E-state index in [1.54, 1.807) is 0 Å². The molecule has 52 heavy (non-hydrogen) atoms. The first kappa shape index (κ1) is 30.4. The SMILES string of the molecule is C1=CCCC(c2ccccc2N(c2ccc(C3(c4ccccc4)c4ccccc4-c4ccccc43)cc2)c2cc3ccccc3c3ccccc23)=C1. The largest absolute Gasteiger partial charge is 0.309 e. The van der Waals surface area contributed by atoms with Gasteiger partial charge in [0.15, 0.2) is 0 Å². The lowest BCUT2D eigenvalue weighted by Crippen LogP contribution is -2.28. The molecular formula is C51H37N. The van der Waals surface area contributed by atoms with Crippen LogP contribution >= 0.6 is 0 Å². The third-order valence-corrected chi connectivity index (χ3v) is 11.2. The number of hydrogen-bond acceptors (Lipinski definition) is 1. The Kier molecular flexibility index (Phi) is 7.25. The van der Waals surface area contributed by atoms with Crippen molar-refractivity contribution in [3.05, 3.63) is 228 Å². The number of anilines is 3. The van der Waals surface area contributed by atoms with Gasteiger partial charge in [0, 0.05) is 16.6 Å². The van der Waals surface area contributed by atoms with Gasteiger partial charge in [-0.15, -0.1) is 0 Å². The van der Waals surface area contributed by atoms with Crippen LogP contribution in [-0.4, -0.2) is 0 Å². The first-order chi connectivity index (χ1) is 25.8. The van der Waals surface area contributed by atoms with Crippen molar-refractivity contribution in [2.45, 2.75) is 18.3 Å². The summed E-state index contributed by atoms with van der Waals surface area (Å²) in [4.78, 5) is 2.50. The van der Waals surface area contributed by atoms with Gasteiger partial charge in [-0.05, 0) is 92.2 Å². The van der Waals surface area contributed by atoms with Crippen molar-refractivity contribution >= 4 is 44.2 Å². The van der Waals surface area contributed by atoms with Crippen LogP contribution in [0.25, 0.3) is 38.2 Å². The fourth-order valence-corrected chi connectivity index (χ4v) is 8.97. The van der Waals surface area contributed by atoms with E-state index >= 15 is 0 Å². The van der Waals surface area contributed by atoms with Gasteiger partial charge in [0.1, 0.15) is 0 Å². The van der Waals surface area contributed by atoms with Crippen molar-refractivity contribution in [3.63, 3.8) is 0 Å². The van der Waals surface area contributed by atoms with Crippen molar-refractivity contribution < 1.29 is 0 Å². The van der Waals surface area contributed by atoms with Crippen molar-refractivity contribution in [1.29, 1.82) is 0 Å². The monoisotopic (exact) mass is 663 g/mol. The summed E-state index contributed by atoms with van der Waals surface area (Å²) in [5.74, 6) is 0. The zero-order chi connectivity index (χ0) is 34.5. The van der Waals surface area contributed by atoms with E-state index in [0.29, 0.717) is 0 Å². The minimum atomic E-state index is -0.440. The zero-order valence-corrected chi connectivity index (χ0v) is 28.9. The zero-order valence-electron chi connectivity index (χ0n) is 28.9. The maximum absolute atomic E-state index is 2.50. The van der Waals surface area contributed by atoms with E-state index in [9.17, 15) is 0 Å². The third-order valence-electron chi connectivity index (χ3n) is 11.2. The molecule has 0 atom stereocenters. The molecule has 8 aromatic rings. The van der Waals surface area contributed by atoms with Crippen molar-refractivity contribution in [2.75, 3.05) is 4.90 Å². The third kappa shape index (κ3) is 4.63. The number of nitrogens with zero attached hydrogens (tertiary/aromatic N) is 1. The van der Waals surface area contributed by atoms with Crippen LogP contribution in [0, 0.1) is 0 Å². The van der Waals surface area contributed by atoms with Crippen LogP contribution in [-0.2, 0) is 5.41 Å². The summed E-state index contributed by atoms with van der Waals surface area (Å²) in [6.07, 6.45) is 8.85. The Balaban J connectivity index is 1.23. The van der Waals surface area contributed by atoms with Crippen LogP contribution in [0.4, 0.5) is 17.1 Å². The molecule has 0 aromatic heterocycles. The molecule has 0 saturated carbocycles. The van der Waals surface area contributed by atoms with Gasteiger partial charge >= 0.3 is 0 Å². The molecule has 0 spiro atoms. The Bertz CT molecular complexity index is 2630. The van der Waals surface area contributed by atoms with Crippen LogP contribution in [0.3, 0.4) is 0 Å². The lowest BCUT2D eigenvalue weighted by atomic mass is 9.68. The second-order valence-corrected chi connectivity index (χ2v) is 13.9. The van der Waals surface area contributed by atoms with Gasteiger partial charge in [-0.25, -0.2) is 0 Å². The molecule has 0 bridgehead atoms. The van der Waals surface area contributed by atoms with Crippen LogP contribution < -0.4 is 4.90 Å². The predicted molar refractivity (Wildman–Crippen MR) is 220 cm³/mol. The molecule has 0 radical (unpaired) electrons. The molecule has 2 aliphatic carbocycles. The number of fused-ring (bicyclic) bond motifs is 6. The van der Waals surface area contributed by atoms with Crippen LogP contribution in [0.15, 0.2) is 200 Å². The molecule has 8 aromatic carbocycles. The highest BCUT2D eigenvalue weighted by Crippen LogP contribution is 2.56. The highest BCUT2D eigenvalue weighted by molar-refractivity contribution is 6.14. The number of para-hydroxylation sites is 1. The molecule has 2 aliphatic rings. The average Bonchev–Trinajstić information content (AvgIpc) is 3.53. The molecule has 1 heteroatoms. The molecule has 0 amide bonds. The summed E-state index contributed by atoms with van der Waals surface area (Å²) in [7, 11) is 0. The van der Waals surface area contributed by atoms with Gasteiger partial charge in [-0.2, -0.15) is 0 Å². The molecule has 0 fully saturated rings. The molecule has 1 nitrogen and oxygen atoms in total. The van der Waals surface area contributed by atoms with Crippen molar-refractivity contribution in [2.24, 2.45) is 0 Å². The second-order valence-electron chi connectivity index (χ2n) is 13.9. The molecule has 0 N–H and O–H groups in total. The van der Waals surface area contributed by atoms with Crippen molar-refractivity contribution in [3.8, 4) is 11.1 Å². The van der Waals surface area contributed by atoms with E-state index in [-0.39, 0.29) is 0 Å². The molecule has 0 unspecified atom stereocenters. The Labute approximate surface area is 305 Å². The smallest absolute Gasteiger partial charge is 0.0713 e. The normalized spacial score (nSPS) is 14.2. The summed E-state index contributed by atoms with van der Waals surface area (Å²) in [6, 6.07) is 67.4. The number of allylic oxidation sites excluding steroid dienone is 4. The quantitative estimate of drug-likeness (QED) is 0.160. The van der Waals surface area contributed by atoms with Crippen LogP contribution in [0.1, 0.15) is 40.7 Å². The van der Waals surface area contributed by atoms with Crippen molar-refractivity contribution in [1.82, 2.24) is 0 Å². The predicted octanol–water partition coefficient (Wildman–Crippen LogP) is 13.6. The molecule has 0 saturated heterocycles. The fourth-order valence-electron chi connectivity index (χ4n) is 8.97. The standard InChI is InChI=1S/C51H37N/c1-3-17-36(18-4-1)42-23-13-16-30-49(42)52(50-35-37-19-7-8-22-41(37)43-24-9-10-27-46(43)50)40-33-31-39(32-34-40)51(38-20-5-2-6-21-38)47-28-14-11-25-44(47)45-26-12-15-29-48(45)51/h1-3,5-17,19-35H,4,18H2. The van der Waals surface area contributed by atoms with Crippen LogP contribution in [0.2, 0.25) is 0 Å². The summed E-state index contributed by atoms with van der Waals surface area (Å²) in [5, 5.41) is 5.00. The maximum atomic E-state index is 2.50. The average molecular weight is 664 g/mol. The summed E-state index contributed by atoms with van der Waals surface area (Å²) in [5.41, 5.74) is 13.5. The van der Waals surface area contributed by atoms with Gasteiger partial charge in [0.25, 0.3) is 0 Å². The second kappa shape index (κ2) is 12.4. The Morgan fingerprint density at radius 2 is 1.02 bits per heavy atom. The Morgan fingerprint density at radius 3 is 1.73 bits per heavy atom.